The Kier molecular flexibility index (Phi) is 3.03. The number of nitrogens with one attached hydrogen (secondary N) is 1. The van der Waals surface area contributed by atoms with E-state index in [1.807, 2.05) is 0 Å². The molecule has 0 radical (unpaired) electrons. The van der Waals surface area contributed by atoms with Gasteiger partial charge < -0.3 is 10.2 Å². The van der Waals surface area contributed by atoms with Crippen molar-refractivity contribution in [2.45, 2.75) is 19.4 Å². The molecule has 0 bridgehead atoms. The van der Waals surface area contributed by atoms with Crippen LogP contribution in [0.2, 0.25) is 0 Å². The standard InChI is InChI=1S/C12H17BrN2/c1-12(2)9-14-6-7-15(12)11-5-3-4-10(13)8-11/h3-5,8,14H,6-7,9H2,1-2H3. The summed E-state index contributed by atoms with van der Waals surface area (Å²) in [6.45, 7) is 7.74. The lowest BCUT2D eigenvalue weighted by Gasteiger charge is -2.44. The van der Waals surface area contributed by atoms with Gasteiger partial charge in [0.15, 0.2) is 0 Å². The zero-order chi connectivity index (χ0) is 10.9. The fraction of sp³-hybridized carbons (Fsp3) is 0.500. The molecule has 1 fully saturated rings. The van der Waals surface area contributed by atoms with Crippen molar-refractivity contribution < 1.29 is 0 Å². The van der Waals surface area contributed by atoms with E-state index in [9.17, 15) is 0 Å². The third-order valence-electron chi connectivity index (χ3n) is 2.92. The summed E-state index contributed by atoms with van der Waals surface area (Å²) in [7, 11) is 0. The molecule has 2 rings (SSSR count). The Balaban J connectivity index is 2.29. The van der Waals surface area contributed by atoms with Gasteiger partial charge in [-0.15, -0.1) is 0 Å². The van der Waals surface area contributed by atoms with E-state index in [0.717, 1.165) is 24.1 Å². The number of nitrogens with zero attached hydrogens (tertiary/aromatic N) is 1. The second-order valence-corrected chi connectivity index (χ2v) is 5.54. The minimum absolute atomic E-state index is 0.193. The summed E-state index contributed by atoms with van der Waals surface area (Å²) >= 11 is 3.52. The number of hydrogen-bond donors (Lipinski definition) is 1. The van der Waals surface area contributed by atoms with Gasteiger partial charge in [-0.25, -0.2) is 0 Å². The highest BCUT2D eigenvalue weighted by atomic mass is 79.9. The molecule has 1 aromatic rings. The van der Waals surface area contributed by atoms with E-state index in [2.05, 4.69) is 64.3 Å². The molecule has 0 spiro atoms. The average Bonchev–Trinajstić information content (AvgIpc) is 2.17. The molecule has 1 N–H and O–H groups in total. The summed E-state index contributed by atoms with van der Waals surface area (Å²) in [5.41, 5.74) is 1.50. The lowest BCUT2D eigenvalue weighted by atomic mass is 9.99. The first kappa shape index (κ1) is 11.0. The number of rotatable bonds is 1. The van der Waals surface area contributed by atoms with Gasteiger partial charge in [-0.05, 0) is 32.0 Å². The lowest BCUT2D eigenvalue weighted by Crippen LogP contribution is -2.58. The second kappa shape index (κ2) is 4.14. The van der Waals surface area contributed by atoms with E-state index in [1.54, 1.807) is 0 Å². The molecule has 1 aromatic carbocycles. The van der Waals surface area contributed by atoms with Crippen LogP contribution in [0.15, 0.2) is 28.7 Å². The summed E-state index contributed by atoms with van der Waals surface area (Å²) in [4.78, 5) is 2.47. The molecule has 1 saturated heterocycles. The van der Waals surface area contributed by atoms with Crippen molar-refractivity contribution in [3.63, 3.8) is 0 Å². The van der Waals surface area contributed by atoms with E-state index in [1.165, 1.54) is 5.69 Å². The number of piperazine rings is 1. The minimum atomic E-state index is 0.193. The Morgan fingerprint density at radius 3 is 2.87 bits per heavy atom. The van der Waals surface area contributed by atoms with Crippen molar-refractivity contribution in [1.82, 2.24) is 5.32 Å². The molecular weight excluding hydrogens is 252 g/mol. The fourth-order valence-corrected chi connectivity index (χ4v) is 2.49. The van der Waals surface area contributed by atoms with E-state index in [0.29, 0.717) is 0 Å². The molecule has 3 heteroatoms. The molecule has 0 aromatic heterocycles. The first-order valence-corrected chi connectivity index (χ1v) is 6.13. The third-order valence-corrected chi connectivity index (χ3v) is 3.41. The topological polar surface area (TPSA) is 15.3 Å². The smallest absolute Gasteiger partial charge is 0.0470 e. The summed E-state index contributed by atoms with van der Waals surface area (Å²) in [6.07, 6.45) is 0. The van der Waals surface area contributed by atoms with Crippen LogP contribution in [0.25, 0.3) is 0 Å². The molecule has 2 nitrogen and oxygen atoms in total. The first-order chi connectivity index (χ1) is 7.09. The van der Waals surface area contributed by atoms with Crippen LogP contribution in [0.1, 0.15) is 13.8 Å². The van der Waals surface area contributed by atoms with Crippen molar-refractivity contribution in [3.8, 4) is 0 Å². The summed E-state index contributed by atoms with van der Waals surface area (Å²) < 4.78 is 1.15. The summed E-state index contributed by atoms with van der Waals surface area (Å²) in [6, 6.07) is 8.53. The number of halogens is 1. The molecule has 0 aliphatic carbocycles. The van der Waals surface area contributed by atoms with Crippen LogP contribution in [0.4, 0.5) is 5.69 Å². The molecule has 1 heterocycles. The Hall–Kier alpha value is -0.540. The molecular formula is C12H17BrN2. The highest BCUT2D eigenvalue weighted by Gasteiger charge is 2.29. The van der Waals surface area contributed by atoms with Gasteiger partial charge in [-0.2, -0.15) is 0 Å². The Labute approximate surface area is 99.8 Å². The predicted octanol–water partition coefficient (Wildman–Crippen LogP) is 2.64. The van der Waals surface area contributed by atoms with Crippen LogP contribution in [0.3, 0.4) is 0 Å². The predicted molar refractivity (Wildman–Crippen MR) is 68.4 cm³/mol. The van der Waals surface area contributed by atoms with Gasteiger partial charge in [0.2, 0.25) is 0 Å². The maximum absolute atomic E-state index is 3.52. The van der Waals surface area contributed by atoms with E-state index >= 15 is 0 Å². The largest absolute Gasteiger partial charge is 0.364 e. The molecule has 1 aliphatic rings. The minimum Gasteiger partial charge on any atom is -0.364 e. The molecule has 0 atom stereocenters. The van der Waals surface area contributed by atoms with Crippen molar-refractivity contribution >= 4 is 21.6 Å². The van der Waals surface area contributed by atoms with Crippen LogP contribution >= 0.6 is 15.9 Å². The highest BCUT2D eigenvalue weighted by Crippen LogP contribution is 2.27. The molecule has 82 valence electrons. The second-order valence-electron chi connectivity index (χ2n) is 4.62. The van der Waals surface area contributed by atoms with E-state index in [4.69, 9.17) is 0 Å². The Morgan fingerprint density at radius 1 is 1.40 bits per heavy atom. The van der Waals surface area contributed by atoms with Crippen LogP contribution in [-0.2, 0) is 0 Å². The van der Waals surface area contributed by atoms with Gasteiger partial charge in [-0.3, -0.25) is 0 Å². The van der Waals surface area contributed by atoms with Crippen LogP contribution < -0.4 is 10.2 Å². The highest BCUT2D eigenvalue weighted by molar-refractivity contribution is 9.10. The van der Waals surface area contributed by atoms with E-state index < -0.39 is 0 Å². The van der Waals surface area contributed by atoms with Crippen molar-refractivity contribution in [3.05, 3.63) is 28.7 Å². The Morgan fingerprint density at radius 2 is 2.20 bits per heavy atom. The van der Waals surface area contributed by atoms with Crippen LogP contribution in [-0.4, -0.2) is 25.2 Å². The maximum Gasteiger partial charge on any atom is 0.0470 e. The van der Waals surface area contributed by atoms with Gasteiger partial charge in [0.25, 0.3) is 0 Å². The average molecular weight is 269 g/mol. The SMILES string of the molecule is CC1(C)CNCCN1c1cccc(Br)c1. The quantitative estimate of drug-likeness (QED) is 0.843. The van der Waals surface area contributed by atoms with Crippen LogP contribution in [0.5, 0.6) is 0 Å². The van der Waals surface area contributed by atoms with Crippen molar-refractivity contribution in [1.29, 1.82) is 0 Å². The number of hydrogen-bond acceptors (Lipinski definition) is 2. The zero-order valence-corrected chi connectivity index (χ0v) is 10.8. The summed E-state index contributed by atoms with van der Waals surface area (Å²) in [5.74, 6) is 0. The third kappa shape index (κ3) is 2.34. The van der Waals surface area contributed by atoms with Crippen molar-refractivity contribution in [2.24, 2.45) is 0 Å². The molecule has 15 heavy (non-hydrogen) atoms. The number of anilines is 1. The van der Waals surface area contributed by atoms with Gasteiger partial charge in [0.05, 0.1) is 0 Å². The van der Waals surface area contributed by atoms with Crippen LogP contribution in [0, 0.1) is 0 Å². The van der Waals surface area contributed by atoms with Gasteiger partial charge in [0, 0.05) is 35.3 Å². The monoisotopic (exact) mass is 268 g/mol. The van der Waals surface area contributed by atoms with Gasteiger partial charge >= 0.3 is 0 Å². The summed E-state index contributed by atoms with van der Waals surface area (Å²) in [5, 5.41) is 3.44. The molecule has 0 saturated carbocycles. The van der Waals surface area contributed by atoms with Gasteiger partial charge in [-0.1, -0.05) is 22.0 Å². The molecule has 0 amide bonds. The Bertz CT molecular complexity index is 349. The zero-order valence-electron chi connectivity index (χ0n) is 9.26. The van der Waals surface area contributed by atoms with E-state index in [-0.39, 0.29) is 5.54 Å². The van der Waals surface area contributed by atoms with Gasteiger partial charge in [0.1, 0.15) is 0 Å². The first-order valence-electron chi connectivity index (χ1n) is 5.33. The molecule has 1 aliphatic heterocycles. The van der Waals surface area contributed by atoms with Crippen molar-refractivity contribution in [2.75, 3.05) is 24.5 Å². The number of benzene rings is 1. The normalized spacial score (nSPS) is 20.3. The maximum atomic E-state index is 3.52. The molecule has 0 unspecified atom stereocenters. The lowest BCUT2D eigenvalue weighted by molar-refractivity contribution is 0.380. The fourth-order valence-electron chi connectivity index (χ4n) is 2.11.